The molecule has 1 aromatic rings. The van der Waals surface area contributed by atoms with Crippen LogP contribution in [0, 0.1) is 0 Å². The van der Waals surface area contributed by atoms with Crippen LogP contribution in [0.1, 0.15) is 24.8 Å². The molecule has 4 heteroatoms. The number of pyridine rings is 1. The molecule has 0 amide bonds. The number of hydrogen-bond donors (Lipinski definition) is 3. The lowest BCUT2D eigenvalue weighted by Gasteiger charge is -2.05. The molecule has 0 aromatic carbocycles. The van der Waals surface area contributed by atoms with Crippen molar-refractivity contribution in [2.24, 2.45) is 0 Å². The summed E-state index contributed by atoms with van der Waals surface area (Å²) in [5.41, 5.74) is 1.08. The van der Waals surface area contributed by atoms with E-state index in [4.69, 9.17) is 0 Å². The third-order valence-electron chi connectivity index (χ3n) is 2.72. The Hall–Kier alpha value is -1.13. The molecule has 2 rings (SSSR count). The number of rotatable bonds is 7. The summed E-state index contributed by atoms with van der Waals surface area (Å²) >= 11 is 0. The van der Waals surface area contributed by atoms with Crippen molar-refractivity contribution in [1.82, 2.24) is 15.6 Å². The van der Waals surface area contributed by atoms with Crippen LogP contribution in [0.15, 0.2) is 23.1 Å². The molecule has 0 radical (unpaired) electrons. The first-order valence-electron chi connectivity index (χ1n) is 5.96. The SMILES string of the molecule is O=c1ccc(CNCCCNC2CC2)c[nH]1. The van der Waals surface area contributed by atoms with Gasteiger partial charge in [0.05, 0.1) is 0 Å². The minimum atomic E-state index is -0.0441. The molecule has 1 heterocycles. The number of nitrogens with one attached hydrogen (secondary N) is 3. The summed E-state index contributed by atoms with van der Waals surface area (Å²) in [6, 6.07) is 4.22. The Kier molecular flexibility index (Phi) is 4.13. The summed E-state index contributed by atoms with van der Waals surface area (Å²) < 4.78 is 0. The van der Waals surface area contributed by atoms with E-state index >= 15 is 0 Å². The van der Waals surface area contributed by atoms with Crippen LogP contribution in [-0.4, -0.2) is 24.1 Å². The molecule has 3 N–H and O–H groups in total. The molecule has 1 aliphatic carbocycles. The molecule has 16 heavy (non-hydrogen) atoms. The fourth-order valence-corrected chi connectivity index (χ4v) is 1.59. The van der Waals surface area contributed by atoms with E-state index in [1.54, 1.807) is 12.3 Å². The van der Waals surface area contributed by atoms with Gasteiger partial charge in [-0.25, -0.2) is 0 Å². The molecule has 4 nitrogen and oxygen atoms in total. The lowest BCUT2D eigenvalue weighted by atomic mass is 10.3. The zero-order valence-electron chi connectivity index (χ0n) is 9.46. The topological polar surface area (TPSA) is 56.9 Å². The van der Waals surface area contributed by atoms with E-state index in [1.165, 1.54) is 12.8 Å². The van der Waals surface area contributed by atoms with Crippen molar-refractivity contribution in [3.05, 3.63) is 34.2 Å². The average molecular weight is 221 g/mol. The van der Waals surface area contributed by atoms with Crippen LogP contribution in [0.5, 0.6) is 0 Å². The summed E-state index contributed by atoms with van der Waals surface area (Å²) in [6.45, 7) is 2.93. The van der Waals surface area contributed by atoms with Crippen LogP contribution < -0.4 is 16.2 Å². The molecule has 0 bridgehead atoms. The summed E-state index contributed by atoms with van der Waals surface area (Å²) in [4.78, 5) is 13.5. The molecule has 88 valence electrons. The van der Waals surface area contributed by atoms with Crippen molar-refractivity contribution in [2.75, 3.05) is 13.1 Å². The van der Waals surface area contributed by atoms with Gasteiger partial charge in [0.1, 0.15) is 0 Å². The molecule has 0 unspecified atom stereocenters. The molecule has 0 spiro atoms. The fourth-order valence-electron chi connectivity index (χ4n) is 1.59. The largest absolute Gasteiger partial charge is 0.329 e. The highest BCUT2D eigenvalue weighted by molar-refractivity contribution is 5.07. The van der Waals surface area contributed by atoms with Crippen molar-refractivity contribution in [3.63, 3.8) is 0 Å². The highest BCUT2D eigenvalue weighted by Crippen LogP contribution is 2.18. The van der Waals surface area contributed by atoms with E-state index in [2.05, 4.69) is 15.6 Å². The van der Waals surface area contributed by atoms with Crippen molar-refractivity contribution in [2.45, 2.75) is 31.8 Å². The molecule has 1 aromatic heterocycles. The lowest BCUT2D eigenvalue weighted by molar-refractivity contribution is 0.592. The van der Waals surface area contributed by atoms with Gasteiger partial charge in [-0.1, -0.05) is 6.07 Å². The number of hydrogen-bond acceptors (Lipinski definition) is 3. The standard InChI is InChI=1S/C12H19N3O/c16-12-5-2-10(9-15-12)8-13-6-1-7-14-11-3-4-11/h2,5,9,11,13-14H,1,3-4,6-8H2,(H,15,16). The molecule has 1 fully saturated rings. The van der Waals surface area contributed by atoms with Crippen LogP contribution in [0.3, 0.4) is 0 Å². The molecule has 0 saturated heterocycles. The van der Waals surface area contributed by atoms with Gasteiger partial charge in [-0.2, -0.15) is 0 Å². The van der Waals surface area contributed by atoms with Gasteiger partial charge in [0, 0.05) is 24.8 Å². The molecule has 1 aliphatic rings. The van der Waals surface area contributed by atoms with E-state index in [9.17, 15) is 4.79 Å². The Morgan fingerprint density at radius 2 is 2.19 bits per heavy atom. The first kappa shape index (κ1) is 11.4. The lowest BCUT2D eigenvalue weighted by Crippen LogP contribution is -2.23. The average Bonchev–Trinajstić information content (AvgIpc) is 3.10. The van der Waals surface area contributed by atoms with Gasteiger partial charge in [0.2, 0.25) is 5.56 Å². The van der Waals surface area contributed by atoms with Crippen molar-refractivity contribution >= 4 is 0 Å². The van der Waals surface area contributed by atoms with Gasteiger partial charge in [-0.15, -0.1) is 0 Å². The second-order valence-electron chi connectivity index (χ2n) is 4.32. The van der Waals surface area contributed by atoms with Crippen LogP contribution in [0.25, 0.3) is 0 Å². The summed E-state index contributed by atoms with van der Waals surface area (Å²) in [7, 11) is 0. The summed E-state index contributed by atoms with van der Waals surface area (Å²) in [6.07, 6.45) is 5.62. The minimum absolute atomic E-state index is 0.0441. The Balaban J connectivity index is 1.53. The number of aromatic nitrogens is 1. The smallest absolute Gasteiger partial charge is 0.247 e. The quantitative estimate of drug-likeness (QED) is 0.591. The maximum atomic E-state index is 10.8. The van der Waals surface area contributed by atoms with E-state index in [1.807, 2.05) is 6.07 Å². The Morgan fingerprint density at radius 3 is 2.88 bits per heavy atom. The first-order valence-corrected chi connectivity index (χ1v) is 5.96. The fraction of sp³-hybridized carbons (Fsp3) is 0.583. The van der Waals surface area contributed by atoms with Crippen LogP contribution in [0.2, 0.25) is 0 Å². The van der Waals surface area contributed by atoms with E-state index < -0.39 is 0 Å². The van der Waals surface area contributed by atoms with Gasteiger partial charge in [0.25, 0.3) is 0 Å². The van der Waals surface area contributed by atoms with Gasteiger partial charge < -0.3 is 15.6 Å². The maximum Gasteiger partial charge on any atom is 0.247 e. The zero-order valence-corrected chi connectivity index (χ0v) is 9.46. The Labute approximate surface area is 95.5 Å². The van der Waals surface area contributed by atoms with Crippen LogP contribution in [-0.2, 0) is 6.54 Å². The molecular formula is C12H19N3O. The van der Waals surface area contributed by atoms with Crippen molar-refractivity contribution < 1.29 is 0 Å². The third-order valence-corrected chi connectivity index (χ3v) is 2.72. The highest BCUT2D eigenvalue weighted by Gasteiger charge is 2.19. The second-order valence-corrected chi connectivity index (χ2v) is 4.32. The zero-order chi connectivity index (χ0) is 11.2. The maximum absolute atomic E-state index is 10.8. The summed E-state index contributed by atoms with van der Waals surface area (Å²) in [5, 5.41) is 6.83. The van der Waals surface area contributed by atoms with Gasteiger partial charge in [-0.3, -0.25) is 4.79 Å². The van der Waals surface area contributed by atoms with E-state index in [0.717, 1.165) is 37.7 Å². The second kappa shape index (κ2) is 5.82. The third kappa shape index (κ3) is 4.16. The molecule has 1 saturated carbocycles. The summed E-state index contributed by atoms with van der Waals surface area (Å²) in [5.74, 6) is 0. The first-order chi connectivity index (χ1) is 7.84. The Bertz CT molecular complexity index is 350. The van der Waals surface area contributed by atoms with Gasteiger partial charge >= 0.3 is 0 Å². The number of H-pyrrole nitrogens is 1. The van der Waals surface area contributed by atoms with E-state index in [-0.39, 0.29) is 5.56 Å². The highest BCUT2D eigenvalue weighted by atomic mass is 16.1. The van der Waals surface area contributed by atoms with Crippen molar-refractivity contribution in [3.8, 4) is 0 Å². The minimum Gasteiger partial charge on any atom is -0.329 e. The van der Waals surface area contributed by atoms with E-state index in [0.29, 0.717) is 0 Å². The van der Waals surface area contributed by atoms with Gasteiger partial charge in [-0.05, 0) is 37.9 Å². The molecular weight excluding hydrogens is 202 g/mol. The number of aromatic amines is 1. The van der Waals surface area contributed by atoms with Gasteiger partial charge in [0.15, 0.2) is 0 Å². The monoisotopic (exact) mass is 221 g/mol. The normalized spacial score (nSPS) is 15.2. The predicted octanol–water partition coefficient (Wildman–Crippen LogP) is 0.607. The molecule has 0 atom stereocenters. The van der Waals surface area contributed by atoms with Crippen LogP contribution in [0.4, 0.5) is 0 Å². The molecule has 0 aliphatic heterocycles. The Morgan fingerprint density at radius 1 is 1.31 bits per heavy atom. The predicted molar refractivity (Wildman–Crippen MR) is 64.4 cm³/mol. The van der Waals surface area contributed by atoms with Crippen molar-refractivity contribution in [1.29, 1.82) is 0 Å². The van der Waals surface area contributed by atoms with Crippen LogP contribution >= 0.6 is 0 Å².